The van der Waals surface area contributed by atoms with E-state index in [0.717, 1.165) is 26.2 Å². The quantitative estimate of drug-likeness (QED) is 0.512. The molecule has 0 bridgehead atoms. The van der Waals surface area contributed by atoms with Crippen molar-refractivity contribution in [3.05, 3.63) is 0 Å². The van der Waals surface area contributed by atoms with Gasteiger partial charge in [-0.15, -0.1) is 0 Å². The molecule has 0 spiro atoms. The Bertz CT molecular complexity index is 95.1. The van der Waals surface area contributed by atoms with Crippen LogP contribution >= 0.6 is 0 Å². The lowest BCUT2D eigenvalue weighted by Crippen LogP contribution is -2.41. The largest absolute Gasteiger partial charge is 0.303 e. The summed E-state index contributed by atoms with van der Waals surface area (Å²) >= 11 is 0. The average molecular weight is 128 g/mol. The molecule has 0 saturated carbocycles. The van der Waals surface area contributed by atoms with E-state index in [9.17, 15) is 0 Å². The molecule has 0 atom stereocenters. The normalized spacial score (nSPS) is 22.1. The van der Waals surface area contributed by atoms with Crippen molar-refractivity contribution < 1.29 is 0 Å². The minimum atomic E-state index is 0.903. The van der Waals surface area contributed by atoms with Crippen molar-refractivity contribution in [2.45, 2.75) is 0 Å². The van der Waals surface area contributed by atoms with E-state index in [1.807, 2.05) is 0 Å². The molecule has 0 amide bonds. The van der Waals surface area contributed by atoms with Crippen molar-refractivity contribution in [3.8, 4) is 0 Å². The second kappa shape index (κ2) is 2.77. The van der Waals surface area contributed by atoms with E-state index in [1.165, 1.54) is 0 Å². The summed E-state index contributed by atoms with van der Waals surface area (Å²) in [5.74, 6) is 0. The van der Waals surface area contributed by atoms with E-state index >= 15 is 0 Å². The third-order valence-corrected chi connectivity index (χ3v) is 1.62. The van der Waals surface area contributed by atoms with Crippen LogP contribution in [0.3, 0.4) is 0 Å². The molecule has 1 heterocycles. The molecule has 0 unspecified atom stereocenters. The summed E-state index contributed by atoms with van der Waals surface area (Å²) in [6, 6.07) is 0. The highest BCUT2D eigenvalue weighted by atomic mass is 15.5. The van der Waals surface area contributed by atoms with Gasteiger partial charge in [-0.2, -0.15) is 5.53 Å². The molecule has 1 fully saturated rings. The number of hydrogen-bond donors (Lipinski definition) is 1. The molecule has 0 aromatic heterocycles. The van der Waals surface area contributed by atoms with Gasteiger partial charge in [-0.1, -0.05) is 5.22 Å². The van der Waals surface area contributed by atoms with Crippen LogP contribution in [0.2, 0.25) is 0 Å². The first-order chi connectivity index (χ1) is 4.33. The van der Waals surface area contributed by atoms with Crippen molar-refractivity contribution in [3.63, 3.8) is 0 Å². The Kier molecular flexibility index (Phi) is 2.00. The van der Waals surface area contributed by atoms with Gasteiger partial charge in [0, 0.05) is 13.1 Å². The van der Waals surface area contributed by atoms with Crippen LogP contribution in [0.15, 0.2) is 5.22 Å². The molecule has 4 nitrogen and oxygen atoms in total. The van der Waals surface area contributed by atoms with Gasteiger partial charge in [-0.05, 0) is 7.05 Å². The van der Waals surface area contributed by atoms with Crippen molar-refractivity contribution in [2.24, 2.45) is 5.22 Å². The number of nitrogens with zero attached hydrogens (tertiary/aromatic N) is 3. The molecule has 1 aliphatic heterocycles. The Morgan fingerprint density at radius 2 is 1.78 bits per heavy atom. The van der Waals surface area contributed by atoms with Crippen molar-refractivity contribution >= 4 is 0 Å². The van der Waals surface area contributed by atoms with E-state index in [4.69, 9.17) is 5.53 Å². The maximum atomic E-state index is 6.70. The first-order valence-corrected chi connectivity index (χ1v) is 3.14. The molecule has 1 aliphatic rings. The highest BCUT2D eigenvalue weighted by molar-refractivity contribution is 4.64. The maximum Gasteiger partial charge on any atom is 0.0505 e. The van der Waals surface area contributed by atoms with Crippen LogP contribution in [0.1, 0.15) is 0 Å². The topological polar surface area (TPSA) is 42.7 Å². The van der Waals surface area contributed by atoms with Crippen molar-refractivity contribution in [1.29, 1.82) is 5.53 Å². The highest BCUT2D eigenvalue weighted by Crippen LogP contribution is 1.97. The van der Waals surface area contributed by atoms with Crippen LogP contribution < -0.4 is 0 Å². The fraction of sp³-hybridized carbons (Fsp3) is 1.00. The number of hydrogen-bond acceptors (Lipinski definition) is 3. The summed E-state index contributed by atoms with van der Waals surface area (Å²) in [6.45, 7) is 3.87. The standard InChI is InChI=1S/C5H12N4/c1-8-2-4-9(7-6)5-3-8/h6H,2-5H2,1H3. The van der Waals surface area contributed by atoms with Crippen molar-refractivity contribution in [2.75, 3.05) is 33.2 Å². The summed E-state index contributed by atoms with van der Waals surface area (Å²) in [5, 5.41) is 5.12. The first kappa shape index (κ1) is 6.48. The number of piperazine rings is 1. The molecule has 1 rings (SSSR count). The maximum absolute atomic E-state index is 6.70. The number of rotatable bonds is 1. The average Bonchev–Trinajstić information content (AvgIpc) is 1.90. The zero-order valence-electron chi connectivity index (χ0n) is 5.67. The Hall–Kier alpha value is -0.640. The van der Waals surface area contributed by atoms with Gasteiger partial charge >= 0.3 is 0 Å². The van der Waals surface area contributed by atoms with Crippen molar-refractivity contribution in [1.82, 2.24) is 9.91 Å². The lowest BCUT2D eigenvalue weighted by molar-refractivity contribution is 0.146. The zero-order valence-corrected chi connectivity index (χ0v) is 5.67. The molecule has 1 N–H and O–H groups in total. The zero-order chi connectivity index (χ0) is 6.69. The third kappa shape index (κ3) is 1.64. The van der Waals surface area contributed by atoms with Crippen LogP contribution in [-0.4, -0.2) is 43.1 Å². The van der Waals surface area contributed by atoms with Gasteiger partial charge in [0.25, 0.3) is 0 Å². The molecular formula is C5H12N4. The number of nitrogens with one attached hydrogen (secondary N) is 1. The van der Waals surface area contributed by atoms with Gasteiger partial charge in [0.1, 0.15) is 0 Å². The van der Waals surface area contributed by atoms with Crippen LogP contribution in [0, 0.1) is 5.53 Å². The van der Waals surface area contributed by atoms with E-state index < -0.39 is 0 Å². The van der Waals surface area contributed by atoms with Crippen LogP contribution in [0.5, 0.6) is 0 Å². The predicted octanol–water partition coefficient (Wildman–Crippen LogP) is 0.180. The van der Waals surface area contributed by atoms with Gasteiger partial charge in [0.15, 0.2) is 0 Å². The summed E-state index contributed by atoms with van der Waals surface area (Å²) in [4.78, 5) is 2.24. The van der Waals surface area contributed by atoms with Gasteiger partial charge < -0.3 is 4.90 Å². The fourth-order valence-electron chi connectivity index (χ4n) is 0.896. The molecule has 0 aromatic carbocycles. The molecule has 9 heavy (non-hydrogen) atoms. The monoisotopic (exact) mass is 128 g/mol. The summed E-state index contributed by atoms with van der Waals surface area (Å²) in [7, 11) is 2.08. The van der Waals surface area contributed by atoms with E-state index in [1.54, 1.807) is 5.01 Å². The molecule has 0 aliphatic carbocycles. The van der Waals surface area contributed by atoms with Crippen LogP contribution in [0.4, 0.5) is 0 Å². The second-order valence-corrected chi connectivity index (χ2v) is 2.36. The van der Waals surface area contributed by atoms with Crippen LogP contribution in [-0.2, 0) is 0 Å². The lowest BCUT2D eigenvalue weighted by Gasteiger charge is -2.28. The number of likely N-dealkylation sites (N-methyl/N-ethyl adjacent to an activating group) is 1. The molecule has 52 valence electrons. The molecule has 0 aromatic rings. The van der Waals surface area contributed by atoms with E-state index in [-0.39, 0.29) is 0 Å². The third-order valence-electron chi connectivity index (χ3n) is 1.62. The van der Waals surface area contributed by atoms with Gasteiger partial charge in [-0.3, -0.25) is 5.01 Å². The van der Waals surface area contributed by atoms with Gasteiger partial charge in [0.2, 0.25) is 0 Å². The molecule has 4 heteroatoms. The summed E-state index contributed by atoms with van der Waals surface area (Å²) in [6.07, 6.45) is 0. The Labute approximate surface area is 54.9 Å². The highest BCUT2D eigenvalue weighted by Gasteiger charge is 2.10. The lowest BCUT2D eigenvalue weighted by atomic mass is 10.4. The SMILES string of the molecule is CN1CCN(N=N)CC1. The molecule has 1 saturated heterocycles. The Morgan fingerprint density at radius 3 is 2.22 bits per heavy atom. The summed E-state index contributed by atoms with van der Waals surface area (Å²) < 4.78 is 0. The smallest absolute Gasteiger partial charge is 0.0505 e. The Balaban J connectivity index is 2.26. The van der Waals surface area contributed by atoms with Gasteiger partial charge in [0.05, 0.1) is 13.1 Å². The fourth-order valence-corrected chi connectivity index (χ4v) is 0.896. The first-order valence-electron chi connectivity index (χ1n) is 3.14. The Morgan fingerprint density at radius 1 is 1.22 bits per heavy atom. The predicted molar refractivity (Wildman–Crippen MR) is 34.2 cm³/mol. The minimum absolute atomic E-state index is 0.903. The second-order valence-electron chi connectivity index (χ2n) is 2.36. The van der Waals surface area contributed by atoms with Crippen LogP contribution in [0.25, 0.3) is 0 Å². The van der Waals surface area contributed by atoms with E-state index in [0.29, 0.717) is 0 Å². The molecule has 0 radical (unpaired) electrons. The molecular weight excluding hydrogens is 116 g/mol. The van der Waals surface area contributed by atoms with Gasteiger partial charge in [-0.25, -0.2) is 0 Å². The minimum Gasteiger partial charge on any atom is -0.303 e. The van der Waals surface area contributed by atoms with E-state index in [2.05, 4.69) is 17.2 Å². The summed E-state index contributed by atoms with van der Waals surface area (Å²) in [5.41, 5.74) is 6.70.